The lowest BCUT2D eigenvalue weighted by atomic mass is 10.1. The summed E-state index contributed by atoms with van der Waals surface area (Å²) >= 11 is 3.12. The van der Waals surface area contributed by atoms with Crippen molar-refractivity contribution in [2.24, 2.45) is 0 Å². The summed E-state index contributed by atoms with van der Waals surface area (Å²) in [6.45, 7) is 0. The molecule has 2 aromatic rings. The number of rotatable bonds is 4. The Morgan fingerprint density at radius 1 is 1.37 bits per heavy atom. The first kappa shape index (κ1) is 14.0. The number of nitrogens with zero attached hydrogens (tertiary/aromatic N) is 1. The third kappa shape index (κ3) is 3.52. The number of aliphatic hydroxyl groups excluding tert-OH is 1. The van der Waals surface area contributed by atoms with Crippen LogP contribution in [0.4, 0.5) is 4.39 Å². The van der Waals surface area contributed by atoms with Gasteiger partial charge in [-0.15, -0.1) is 0 Å². The quantitative estimate of drug-likeness (QED) is 0.938. The predicted octanol–water partition coefficient (Wildman–Crippen LogP) is 3.27. The van der Waals surface area contributed by atoms with E-state index in [2.05, 4.69) is 20.9 Å². The number of aliphatic hydroxyl groups is 1. The second kappa shape index (κ2) is 6.12. The molecule has 0 amide bonds. The van der Waals surface area contributed by atoms with Crippen molar-refractivity contribution in [3.63, 3.8) is 0 Å². The second-order valence-electron chi connectivity index (χ2n) is 4.07. The molecule has 0 bridgehead atoms. The Kier molecular flexibility index (Phi) is 4.50. The van der Waals surface area contributed by atoms with Gasteiger partial charge >= 0.3 is 0 Å². The molecule has 1 atom stereocenters. The van der Waals surface area contributed by atoms with Crippen molar-refractivity contribution in [1.29, 1.82) is 0 Å². The van der Waals surface area contributed by atoms with Crippen molar-refractivity contribution < 1.29 is 14.2 Å². The highest BCUT2D eigenvalue weighted by molar-refractivity contribution is 9.10. The van der Waals surface area contributed by atoms with Gasteiger partial charge in [-0.25, -0.2) is 9.37 Å². The number of methoxy groups -OCH3 is 1. The molecule has 100 valence electrons. The lowest BCUT2D eigenvalue weighted by Gasteiger charge is -2.11. The Labute approximate surface area is 119 Å². The van der Waals surface area contributed by atoms with E-state index < -0.39 is 6.10 Å². The van der Waals surface area contributed by atoms with Gasteiger partial charge in [-0.2, -0.15) is 0 Å². The predicted molar refractivity (Wildman–Crippen MR) is 73.6 cm³/mol. The zero-order chi connectivity index (χ0) is 13.8. The highest BCUT2D eigenvalue weighted by Gasteiger charge is 2.12. The molecule has 1 aromatic heterocycles. The largest absolute Gasteiger partial charge is 0.481 e. The van der Waals surface area contributed by atoms with Crippen LogP contribution in [0.1, 0.15) is 17.4 Å². The molecule has 2 rings (SSSR count). The molecule has 1 N–H and O–H groups in total. The molecule has 0 aliphatic heterocycles. The van der Waals surface area contributed by atoms with Crippen LogP contribution in [0.3, 0.4) is 0 Å². The number of benzene rings is 1. The maximum absolute atomic E-state index is 13.1. The molecule has 0 saturated heterocycles. The van der Waals surface area contributed by atoms with Crippen LogP contribution in [0.25, 0.3) is 0 Å². The van der Waals surface area contributed by atoms with E-state index in [-0.39, 0.29) is 5.82 Å². The first-order valence-corrected chi connectivity index (χ1v) is 6.52. The van der Waals surface area contributed by atoms with Crippen LogP contribution in [0.2, 0.25) is 0 Å². The number of pyridine rings is 1. The van der Waals surface area contributed by atoms with Crippen LogP contribution in [-0.2, 0) is 6.42 Å². The number of hydrogen-bond donors (Lipinski definition) is 1. The van der Waals surface area contributed by atoms with Gasteiger partial charge in [0.25, 0.3) is 0 Å². The minimum Gasteiger partial charge on any atom is -0.481 e. The normalized spacial score (nSPS) is 12.2. The summed E-state index contributed by atoms with van der Waals surface area (Å²) in [5.41, 5.74) is 1.35. The lowest BCUT2D eigenvalue weighted by molar-refractivity contribution is 0.172. The molecule has 1 heterocycles. The van der Waals surface area contributed by atoms with Gasteiger partial charge in [-0.3, -0.25) is 0 Å². The standard InChI is InChI=1S/C14H13BrFNO2/c1-19-14-4-2-3-12(17-14)13(18)8-9-5-6-11(16)10(15)7-9/h2-7,13,18H,8H2,1H3. The van der Waals surface area contributed by atoms with Gasteiger partial charge in [0.1, 0.15) is 11.9 Å². The van der Waals surface area contributed by atoms with E-state index in [4.69, 9.17) is 4.74 Å². The van der Waals surface area contributed by atoms with E-state index in [0.717, 1.165) is 5.56 Å². The molecule has 1 aromatic carbocycles. The molecule has 0 aliphatic rings. The smallest absolute Gasteiger partial charge is 0.213 e. The Hall–Kier alpha value is -1.46. The van der Waals surface area contributed by atoms with Crippen molar-refractivity contribution >= 4 is 15.9 Å². The molecule has 1 unspecified atom stereocenters. The van der Waals surface area contributed by atoms with Gasteiger partial charge < -0.3 is 9.84 Å². The highest BCUT2D eigenvalue weighted by Crippen LogP contribution is 2.22. The lowest BCUT2D eigenvalue weighted by Crippen LogP contribution is -2.05. The molecule has 0 fully saturated rings. The van der Waals surface area contributed by atoms with Gasteiger partial charge in [-0.1, -0.05) is 12.1 Å². The van der Waals surface area contributed by atoms with Crippen molar-refractivity contribution in [3.8, 4) is 5.88 Å². The van der Waals surface area contributed by atoms with E-state index in [0.29, 0.717) is 22.5 Å². The number of hydrogen-bond acceptors (Lipinski definition) is 3. The molecular formula is C14H13BrFNO2. The first-order chi connectivity index (χ1) is 9.10. The topological polar surface area (TPSA) is 42.4 Å². The summed E-state index contributed by atoms with van der Waals surface area (Å²) in [6.07, 6.45) is -0.397. The number of aromatic nitrogens is 1. The minimum absolute atomic E-state index is 0.322. The molecular weight excluding hydrogens is 313 g/mol. The maximum atomic E-state index is 13.1. The monoisotopic (exact) mass is 325 g/mol. The summed E-state index contributed by atoms with van der Waals surface area (Å²) in [7, 11) is 1.52. The molecule has 3 nitrogen and oxygen atoms in total. The van der Waals surface area contributed by atoms with Crippen LogP contribution in [0.5, 0.6) is 5.88 Å². The molecule has 5 heteroatoms. The number of halogens is 2. The van der Waals surface area contributed by atoms with Crippen LogP contribution in [-0.4, -0.2) is 17.2 Å². The molecule has 0 spiro atoms. The fraction of sp³-hybridized carbons (Fsp3) is 0.214. The van der Waals surface area contributed by atoms with E-state index in [1.165, 1.54) is 13.2 Å². The summed E-state index contributed by atoms with van der Waals surface area (Å²) in [5, 5.41) is 10.1. The van der Waals surface area contributed by atoms with Crippen molar-refractivity contribution in [2.75, 3.05) is 7.11 Å². The van der Waals surface area contributed by atoms with E-state index in [1.54, 1.807) is 30.3 Å². The van der Waals surface area contributed by atoms with Crippen LogP contribution in [0.15, 0.2) is 40.9 Å². The third-order valence-corrected chi connectivity index (χ3v) is 3.32. The fourth-order valence-corrected chi connectivity index (χ4v) is 2.15. The maximum Gasteiger partial charge on any atom is 0.213 e. The minimum atomic E-state index is -0.757. The highest BCUT2D eigenvalue weighted by atomic mass is 79.9. The molecule has 0 saturated carbocycles. The Morgan fingerprint density at radius 2 is 2.16 bits per heavy atom. The van der Waals surface area contributed by atoms with Gasteiger partial charge in [0, 0.05) is 12.5 Å². The van der Waals surface area contributed by atoms with Gasteiger partial charge in [-0.05, 0) is 39.7 Å². The zero-order valence-electron chi connectivity index (χ0n) is 10.3. The summed E-state index contributed by atoms with van der Waals surface area (Å²) in [5.74, 6) is 0.134. The molecule has 0 aliphatic carbocycles. The summed E-state index contributed by atoms with van der Waals surface area (Å²) in [4.78, 5) is 4.17. The summed E-state index contributed by atoms with van der Waals surface area (Å²) < 4.78 is 18.5. The Bertz CT molecular complexity index is 577. The van der Waals surface area contributed by atoms with Crippen LogP contribution in [0, 0.1) is 5.82 Å². The van der Waals surface area contributed by atoms with Crippen LogP contribution < -0.4 is 4.74 Å². The van der Waals surface area contributed by atoms with Gasteiger partial charge in [0.05, 0.1) is 17.3 Å². The summed E-state index contributed by atoms with van der Waals surface area (Å²) in [6, 6.07) is 9.87. The average Bonchev–Trinajstić information content (AvgIpc) is 2.43. The van der Waals surface area contributed by atoms with Crippen LogP contribution >= 0.6 is 15.9 Å². The van der Waals surface area contributed by atoms with Gasteiger partial charge in [0.15, 0.2) is 0 Å². The average molecular weight is 326 g/mol. The SMILES string of the molecule is COc1cccc(C(O)Cc2ccc(F)c(Br)c2)n1. The van der Waals surface area contributed by atoms with E-state index >= 15 is 0 Å². The second-order valence-corrected chi connectivity index (χ2v) is 4.93. The Morgan fingerprint density at radius 3 is 2.84 bits per heavy atom. The zero-order valence-corrected chi connectivity index (χ0v) is 11.9. The van der Waals surface area contributed by atoms with Crippen molar-refractivity contribution in [3.05, 3.63) is 57.9 Å². The molecule has 0 radical (unpaired) electrons. The van der Waals surface area contributed by atoms with Crippen molar-refractivity contribution in [2.45, 2.75) is 12.5 Å². The fourth-order valence-electron chi connectivity index (χ4n) is 1.72. The number of ether oxygens (including phenoxy) is 1. The first-order valence-electron chi connectivity index (χ1n) is 5.73. The van der Waals surface area contributed by atoms with E-state index in [9.17, 15) is 9.50 Å². The Balaban J connectivity index is 2.15. The molecule has 19 heavy (non-hydrogen) atoms. The van der Waals surface area contributed by atoms with Crippen molar-refractivity contribution in [1.82, 2.24) is 4.98 Å². The van der Waals surface area contributed by atoms with Gasteiger partial charge in [0.2, 0.25) is 5.88 Å². The van der Waals surface area contributed by atoms with E-state index in [1.807, 2.05) is 0 Å². The third-order valence-electron chi connectivity index (χ3n) is 2.71.